The molecule has 2 amide bonds. The van der Waals surface area contributed by atoms with Crippen LogP contribution < -0.4 is 10.6 Å². The van der Waals surface area contributed by atoms with Gasteiger partial charge in [0.15, 0.2) is 0 Å². The molecule has 106 valence electrons. The van der Waals surface area contributed by atoms with Crippen molar-refractivity contribution in [3.63, 3.8) is 0 Å². The molecule has 6 heteroatoms. The highest BCUT2D eigenvalue weighted by molar-refractivity contribution is 7.80. The lowest BCUT2D eigenvalue weighted by molar-refractivity contribution is -0.144. The number of hydrogen-bond acceptors (Lipinski definition) is 4. The average Bonchev–Trinajstić information content (AvgIpc) is 2.42. The van der Waals surface area contributed by atoms with Gasteiger partial charge in [0.2, 0.25) is 11.8 Å². The van der Waals surface area contributed by atoms with E-state index in [4.69, 9.17) is 18.0 Å². The molecular weight excluding hydrogens is 274 g/mol. The minimum atomic E-state index is -0.264. The number of thiocarbonyl (C=S) groups is 1. The lowest BCUT2D eigenvalue weighted by Crippen LogP contribution is -2.56. The molecule has 1 aromatic carbocycles. The number of para-hydroxylation sites is 1. The Kier molecular flexibility index (Phi) is 4.34. The zero-order valence-corrected chi connectivity index (χ0v) is 12.2. The van der Waals surface area contributed by atoms with E-state index in [9.17, 15) is 9.59 Å². The largest absolute Gasteiger partial charge is 0.392 e. The number of nitrogens with two attached hydrogens (primary N) is 1. The Bertz CT molecular complexity index is 541. The number of piperazine rings is 1. The van der Waals surface area contributed by atoms with Gasteiger partial charge in [-0.05, 0) is 18.1 Å². The van der Waals surface area contributed by atoms with Crippen molar-refractivity contribution >= 4 is 34.7 Å². The quantitative estimate of drug-likeness (QED) is 0.654. The molecule has 2 rings (SSSR count). The van der Waals surface area contributed by atoms with Crippen molar-refractivity contribution in [2.75, 3.05) is 24.5 Å². The zero-order valence-electron chi connectivity index (χ0n) is 11.3. The van der Waals surface area contributed by atoms with E-state index in [0.29, 0.717) is 0 Å². The lowest BCUT2D eigenvalue weighted by Gasteiger charge is -2.34. The van der Waals surface area contributed by atoms with Crippen LogP contribution in [0.3, 0.4) is 0 Å². The number of aryl methyl sites for hydroxylation is 1. The molecule has 1 heterocycles. The van der Waals surface area contributed by atoms with Gasteiger partial charge in [0, 0.05) is 5.69 Å². The fourth-order valence-electron chi connectivity index (χ4n) is 2.31. The average molecular weight is 291 g/mol. The van der Waals surface area contributed by atoms with Crippen LogP contribution in [0.5, 0.6) is 0 Å². The molecule has 1 fully saturated rings. The molecule has 0 unspecified atom stereocenters. The molecule has 5 nitrogen and oxygen atoms in total. The summed E-state index contributed by atoms with van der Waals surface area (Å²) < 4.78 is 0. The van der Waals surface area contributed by atoms with E-state index in [1.165, 1.54) is 0 Å². The van der Waals surface area contributed by atoms with Crippen molar-refractivity contribution in [3.8, 4) is 0 Å². The van der Waals surface area contributed by atoms with Gasteiger partial charge in [0.05, 0.1) is 24.6 Å². The molecule has 0 radical (unpaired) electrons. The fraction of sp³-hybridized carbons (Fsp3) is 0.357. The molecule has 2 N–H and O–H groups in total. The van der Waals surface area contributed by atoms with Gasteiger partial charge in [0.1, 0.15) is 0 Å². The summed E-state index contributed by atoms with van der Waals surface area (Å²) in [5, 5.41) is 0. The first-order chi connectivity index (χ1) is 9.52. The maximum atomic E-state index is 12.1. The summed E-state index contributed by atoms with van der Waals surface area (Å²) in [6.45, 7) is 2.42. The van der Waals surface area contributed by atoms with Gasteiger partial charge in [0.25, 0.3) is 0 Å². The van der Waals surface area contributed by atoms with Crippen LogP contribution in [0.15, 0.2) is 24.3 Å². The predicted molar refractivity (Wildman–Crippen MR) is 81.5 cm³/mol. The summed E-state index contributed by atoms with van der Waals surface area (Å²) in [7, 11) is 0. The Balaban J connectivity index is 2.20. The van der Waals surface area contributed by atoms with Crippen molar-refractivity contribution in [2.45, 2.75) is 13.3 Å². The van der Waals surface area contributed by atoms with Crippen LogP contribution in [0.4, 0.5) is 5.69 Å². The molecule has 20 heavy (non-hydrogen) atoms. The molecule has 0 spiro atoms. The Morgan fingerprint density at radius 2 is 1.85 bits per heavy atom. The third-order valence-electron chi connectivity index (χ3n) is 3.28. The van der Waals surface area contributed by atoms with Crippen LogP contribution in [-0.2, 0) is 16.0 Å². The standard InChI is InChI=1S/C14H17N3O2S/c1-2-10-5-3-4-6-11(10)16-8-13(18)17(7-12(15)20)14(19)9-16/h3-6H,2,7-9H2,1H3,(H2,15,20). The Morgan fingerprint density at radius 1 is 1.25 bits per heavy atom. The van der Waals surface area contributed by atoms with E-state index >= 15 is 0 Å². The molecule has 0 aliphatic carbocycles. The van der Waals surface area contributed by atoms with Crippen molar-refractivity contribution in [2.24, 2.45) is 5.73 Å². The maximum absolute atomic E-state index is 12.1. The van der Waals surface area contributed by atoms with Crippen molar-refractivity contribution in [3.05, 3.63) is 29.8 Å². The normalized spacial score (nSPS) is 15.7. The monoisotopic (exact) mass is 291 g/mol. The van der Waals surface area contributed by atoms with Gasteiger partial charge in [-0.25, -0.2) is 0 Å². The van der Waals surface area contributed by atoms with Crippen molar-refractivity contribution in [1.82, 2.24) is 4.90 Å². The number of benzene rings is 1. The summed E-state index contributed by atoms with van der Waals surface area (Å²) in [5.41, 5.74) is 7.47. The van der Waals surface area contributed by atoms with Crippen molar-refractivity contribution < 1.29 is 9.59 Å². The number of carbonyl (C=O) groups excluding carboxylic acids is 2. The maximum Gasteiger partial charge on any atom is 0.249 e. The van der Waals surface area contributed by atoms with E-state index in [2.05, 4.69) is 0 Å². The molecule has 0 saturated carbocycles. The van der Waals surface area contributed by atoms with E-state index in [1.807, 2.05) is 31.2 Å². The number of hydrogen-bond donors (Lipinski definition) is 1. The smallest absolute Gasteiger partial charge is 0.249 e. The van der Waals surface area contributed by atoms with Gasteiger partial charge in [-0.2, -0.15) is 0 Å². The number of amides is 2. The highest BCUT2D eigenvalue weighted by Crippen LogP contribution is 2.22. The van der Waals surface area contributed by atoms with E-state index in [-0.39, 0.29) is 36.4 Å². The third-order valence-corrected chi connectivity index (χ3v) is 3.41. The van der Waals surface area contributed by atoms with Gasteiger partial charge < -0.3 is 10.6 Å². The SMILES string of the molecule is CCc1ccccc1N1CC(=O)N(CC(N)=S)C(=O)C1. The van der Waals surface area contributed by atoms with Crippen LogP contribution in [0, 0.1) is 0 Å². The fourth-order valence-corrected chi connectivity index (χ4v) is 2.44. The summed E-state index contributed by atoms with van der Waals surface area (Å²) in [6.07, 6.45) is 0.853. The predicted octanol–water partition coefficient (Wildman–Crippen LogP) is 0.710. The first kappa shape index (κ1) is 14.5. The van der Waals surface area contributed by atoms with E-state index in [1.54, 1.807) is 4.90 Å². The number of rotatable bonds is 4. The van der Waals surface area contributed by atoms with Crippen LogP contribution >= 0.6 is 12.2 Å². The Hall–Kier alpha value is -1.95. The number of anilines is 1. The summed E-state index contributed by atoms with van der Waals surface area (Å²) in [6, 6.07) is 7.80. The number of carbonyl (C=O) groups is 2. The van der Waals surface area contributed by atoms with Gasteiger partial charge in [-0.3, -0.25) is 14.5 Å². The highest BCUT2D eigenvalue weighted by Gasteiger charge is 2.31. The molecular formula is C14H17N3O2S. The second kappa shape index (κ2) is 6.00. The molecule has 1 aliphatic rings. The third kappa shape index (κ3) is 2.96. The van der Waals surface area contributed by atoms with Crippen molar-refractivity contribution in [1.29, 1.82) is 0 Å². The number of nitrogens with zero attached hydrogens (tertiary/aromatic N) is 2. The zero-order chi connectivity index (χ0) is 14.7. The topological polar surface area (TPSA) is 66.6 Å². The molecule has 1 aromatic rings. The van der Waals surface area contributed by atoms with Gasteiger partial charge in [-0.1, -0.05) is 37.3 Å². The van der Waals surface area contributed by atoms with Crippen LogP contribution in [0.25, 0.3) is 0 Å². The first-order valence-electron chi connectivity index (χ1n) is 6.47. The Morgan fingerprint density at radius 3 is 2.40 bits per heavy atom. The van der Waals surface area contributed by atoms with Crippen LogP contribution in [0.1, 0.15) is 12.5 Å². The van der Waals surface area contributed by atoms with Crippen LogP contribution in [0.2, 0.25) is 0 Å². The molecule has 1 saturated heterocycles. The minimum Gasteiger partial charge on any atom is -0.392 e. The molecule has 0 aromatic heterocycles. The molecule has 0 atom stereocenters. The molecule has 0 bridgehead atoms. The first-order valence-corrected chi connectivity index (χ1v) is 6.88. The second-order valence-electron chi connectivity index (χ2n) is 4.68. The molecule has 1 aliphatic heterocycles. The summed E-state index contributed by atoms with van der Waals surface area (Å²) in [5.74, 6) is -0.528. The Labute approximate surface area is 123 Å². The van der Waals surface area contributed by atoms with Gasteiger partial charge >= 0.3 is 0 Å². The lowest BCUT2D eigenvalue weighted by atomic mass is 10.1. The van der Waals surface area contributed by atoms with Gasteiger partial charge in [-0.15, -0.1) is 0 Å². The van der Waals surface area contributed by atoms with E-state index in [0.717, 1.165) is 22.6 Å². The number of imide groups is 1. The minimum absolute atomic E-state index is 0.0241. The summed E-state index contributed by atoms with van der Waals surface area (Å²) >= 11 is 4.76. The van der Waals surface area contributed by atoms with E-state index < -0.39 is 0 Å². The second-order valence-corrected chi connectivity index (χ2v) is 5.20. The summed E-state index contributed by atoms with van der Waals surface area (Å²) in [4.78, 5) is 27.2. The highest BCUT2D eigenvalue weighted by atomic mass is 32.1. The van der Waals surface area contributed by atoms with Crippen LogP contribution in [-0.4, -0.2) is 41.3 Å².